The summed E-state index contributed by atoms with van der Waals surface area (Å²) >= 11 is 0. The third-order valence-corrected chi connectivity index (χ3v) is 5.60. The van der Waals surface area contributed by atoms with Gasteiger partial charge in [-0.2, -0.15) is 0 Å². The van der Waals surface area contributed by atoms with E-state index in [9.17, 15) is 0 Å². The van der Waals surface area contributed by atoms with Crippen LogP contribution >= 0.6 is 0 Å². The highest BCUT2D eigenvalue weighted by molar-refractivity contribution is 6.64. The maximum Gasteiger partial charge on any atom is 0.332 e. The van der Waals surface area contributed by atoms with Crippen LogP contribution in [0.2, 0.25) is 13.1 Å². The quantitative estimate of drug-likeness (QED) is 0.376. The lowest BCUT2D eigenvalue weighted by molar-refractivity contribution is 0.167. The first kappa shape index (κ1) is 19.7. The maximum atomic E-state index is 6.06. The Morgan fingerprint density at radius 1 is 0.840 bits per heavy atom. The number of hydrogen-bond acceptors (Lipinski definition) is 3. The minimum absolute atomic E-state index is 0.578. The van der Waals surface area contributed by atoms with Gasteiger partial charge in [0.1, 0.15) is 11.5 Å². The second-order valence-electron chi connectivity index (χ2n) is 7.13. The molecule has 25 heavy (non-hydrogen) atoms. The second kappa shape index (κ2) is 9.75. The molecule has 0 saturated heterocycles. The summed E-state index contributed by atoms with van der Waals surface area (Å²) in [6.07, 6.45) is 2.30. The Hall–Kier alpha value is -1.62. The number of para-hydroxylation sites is 1. The van der Waals surface area contributed by atoms with Gasteiger partial charge in [-0.15, -0.1) is 0 Å². The van der Waals surface area contributed by atoms with Gasteiger partial charge in [-0.25, -0.2) is 0 Å². The summed E-state index contributed by atoms with van der Waals surface area (Å²) in [5.74, 6) is 2.40. The largest absolute Gasteiger partial charge is 0.457 e. The van der Waals surface area contributed by atoms with Gasteiger partial charge >= 0.3 is 8.56 Å². The molecule has 0 unspecified atom stereocenters. The predicted octanol–water partition coefficient (Wildman–Crippen LogP) is 6.15. The topological polar surface area (TPSA) is 27.7 Å². The van der Waals surface area contributed by atoms with Crippen molar-refractivity contribution in [2.24, 2.45) is 5.92 Å². The number of rotatable bonds is 10. The van der Waals surface area contributed by atoms with Crippen LogP contribution in [-0.4, -0.2) is 15.2 Å². The predicted molar refractivity (Wildman–Crippen MR) is 105 cm³/mol. The highest BCUT2D eigenvalue weighted by Crippen LogP contribution is 2.22. The van der Waals surface area contributed by atoms with Gasteiger partial charge in [0.05, 0.1) is 6.61 Å². The molecular weight excluding hydrogens is 328 g/mol. The molecule has 4 heteroatoms. The first-order valence-electron chi connectivity index (χ1n) is 9.04. The van der Waals surface area contributed by atoms with Gasteiger partial charge in [-0.1, -0.05) is 44.2 Å². The molecule has 0 fully saturated rings. The Labute approximate surface area is 153 Å². The van der Waals surface area contributed by atoms with Gasteiger partial charge in [0, 0.05) is 6.61 Å². The van der Waals surface area contributed by atoms with E-state index < -0.39 is 8.56 Å². The highest BCUT2D eigenvalue weighted by atomic mass is 28.4. The van der Waals surface area contributed by atoms with E-state index in [1.54, 1.807) is 0 Å². The molecule has 0 aliphatic rings. The molecule has 0 aliphatic carbocycles. The van der Waals surface area contributed by atoms with Crippen molar-refractivity contribution in [2.75, 3.05) is 6.61 Å². The van der Waals surface area contributed by atoms with Gasteiger partial charge in [0.2, 0.25) is 0 Å². The molecular formula is C21H30O3Si. The molecule has 0 radical (unpaired) electrons. The highest BCUT2D eigenvalue weighted by Gasteiger charge is 2.24. The minimum Gasteiger partial charge on any atom is -0.457 e. The number of benzene rings is 2. The van der Waals surface area contributed by atoms with E-state index in [1.165, 1.54) is 6.42 Å². The lowest BCUT2D eigenvalue weighted by Crippen LogP contribution is -2.35. The molecule has 0 amide bonds. The molecule has 0 saturated carbocycles. The third-order valence-electron chi connectivity index (χ3n) is 3.86. The Bertz CT molecular complexity index is 609. The zero-order chi connectivity index (χ0) is 18.1. The van der Waals surface area contributed by atoms with Crippen LogP contribution in [0.25, 0.3) is 0 Å². The average Bonchev–Trinajstić information content (AvgIpc) is 2.59. The summed E-state index contributed by atoms with van der Waals surface area (Å²) in [4.78, 5) is 0. The van der Waals surface area contributed by atoms with Gasteiger partial charge < -0.3 is 13.6 Å². The summed E-state index contributed by atoms with van der Waals surface area (Å²) in [6, 6.07) is 17.8. The van der Waals surface area contributed by atoms with E-state index in [-0.39, 0.29) is 0 Å². The van der Waals surface area contributed by atoms with Crippen LogP contribution in [-0.2, 0) is 15.5 Å². The van der Waals surface area contributed by atoms with E-state index in [0.717, 1.165) is 36.0 Å². The molecule has 0 bridgehead atoms. The van der Waals surface area contributed by atoms with E-state index in [2.05, 4.69) is 26.9 Å². The van der Waals surface area contributed by atoms with Gasteiger partial charge in [0.25, 0.3) is 0 Å². The Kier molecular flexibility index (Phi) is 7.69. The van der Waals surface area contributed by atoms with E-state index in [1.807, 2.05) is 54.6 Å². The van der Waals surface area contributed by atoms with Crippen LogP contribution in [0.5, 0.6) is 11.5 Å². The van der Waals surface area contributed by atoms with Crippen molar-refractivity contribution in [3.63, 3.8) is 0 Å². The van der Waals surface area contributed by atoms with Crippen molar-refractivity contribution < 1.29 is 13.6 Å². The Morgan fingerprint density at radius 2 is 1.48 bits per heavy atom. The second-order valence-corrected chi connectivity index (χ2v) is 10.5. The number of ether oxygens (including phenoxy) is 1. The van der Waals surface area contributed by atoms with Crippen LogP contribution in [0.4, 0.5) is 0 Å². The molecule has 0 N–H and O–H groups in total. The first-order chi connectivity index (χ1) is 11.9. The van der Waals surface area contributed by atoms with E-state index in [4.69, 9.17) is 13.6 Å². The molecule has 2 aromatic carbocycles. The van der Waals surface area contributed by atoms with Crippen molar-refractivity contribution in [3.8, 4) is 11.5 Å². The smallest absolute Gasteiger partial charge is 0.332 e. The van der Waals surface area contributed by atoms with Crippen LogP contribution in [0.1, 0.15) is 32.3 Å². The summed E-state index contributed by atoms with van der Waals surface area (Å²) in [7, 11) is -2.06. The fourth-order valence-corrected chi connectivity index (χ4v) is 3.62. The van der Waals surface area contributed by atoms with E-state index >= 15 is 0 Å². The summed E-state index contributed by atoms with van der Waals surface area (Å²) in [6.45, 7) is 10.1. The summed E-state index contributed by atoms with van der Waals surface area (Å²) < 4.78 is 17.9. The van der Waals surface area contributed by atoms with Gasteiger partial charge in [-0.3, -0.25) is 0 Å². The fraction of sp³-hybridized carbons (Fsp3) is 0.429. The van der Waals surface area contributed by atoms with E-state index in [0.29, 0.717) is 6.61 Å². The zero-order valence-electron chi connectivity index (χ0n) is 15.8. The molecule has 0 atom stereocenters. The maximum absolute atomic E-state index is 6.06. The van der Waals surface area contributed by atoms with Crippen LogP contribution in [0.3, 0.4) is 0 Å². The average molecular weight is 359 g/mol. The lowest BCUT2D eigenvalue weighted by Gasteiger charge is -2.23. The van der Waals surface area contributed by atoms with Crippen molar-refractivity contribution in [1.82, 2.24) is 0 Å². The summed E-state index contributed by atoms with van der Waals surface area (Å²) in [5, 5.41) is 0. The normalized spacial score (nSPS) is 11.7. The molecule has 2 aromatic rings. The van der Waals surface area contributed by atoms with Crippen LogP contribution in [0.15, 0.2) is 54.6 Å². The zero-order valence-corrected chi connectivity index (χ0v) is 16.8. The molecule has 2 rings (SSSR count). The van der Waals surface area contributed by atoms with Gasteiger partial charge in [-0.05, 0) is 61.7 Å². The summed E-state index contributed by atoms with van der Waals surface area (Å²) in [5.41, 5.74) is 1.13. The van der Waals surface area contributed by atoms with Crippen LogP contribution in [0, 0.1) is 5.92 Å². The Balaban J connectivity index is 1.76. The molecule has 0 aliphatic heterocycles. The number of hydrogen-bond donors (Lipinski definition) is 0. The first-order valence-corrected chi connectivity index (χ1v) is 11.9. The third kappa shape index (κ3) is 7.86. The van der Waals surface area contributed by atoms with Crippen molar-refractivity contribution in [3.05, 3.63) is 60.2 Å². The molecule has 3 nitrogen and oxygen atoms in total. The van der Waals surface area contributed by atoms with Crippen molar-refractivity contribution in [1.29, 1.82) is 0 Å². The monoisotopic (exact) mass is 358 g/mol. The van der Waals surface area contributed by atoms with Crippen molar-refractivity contribution in [2.45, 2.75) is 46.4 Å². The lowest BCUT2D eigenvalue weighted by atomic mass is 10.1. The van der Waals surface area contributed by atoms with Crippen LogP contribution < -0.4 is 4.74 Å². The molecule has 136 valence electrons. The molecule has 0 spiro atoms. The fourth-order valence-electron chi connectivity index (χ4n) is 2.39. The minimum atomic E-state index is -2.06. The Morgan fingerprint density at radius 3 is 2.12 bits per heavy atom. The molecule has 0 aromatic heterocycles. The SMILES string of the molecule is CC(C)CCCO[Si](C)(C)OCc1ccc(Oc2ccccc2)cc1. The van der Waals surface area contributed by atoms with Gasteiger partial charge in [0.15, 0.2) is 0 Å². The molecule has 0 heterocycles. The standard InChI is InChI=1S/C21H30O3Si/c1-18(2)9-8-16-22-25(3,4)23-17-19-12-14-21(15-13-19)24-20-10-6-5-7-11-20/h5-7,10-15,18H,8-9,16-17H2,1-4H3. The van der Waals surface area contributed by atoms with Crippen molar-refractivity contribution >= 4 is 8.56 Å².